The molecule has 2 aromatic heterocycles. The predicted molar refractivity (Wildman–Crippen MR) is 90.7 cm³/mol. The standard InChI is InChI=1S/C16H18ClN5/c1-20-5-7-22(8-6-20)16-14-15(21(2)10-18-14)12-9-11(17)3-4-13(12)19-16/h3-4,9-10H,5-8H2,1-2H3. The molecule has 1 aliphatic rings. The quantitative estimate of drug-likeness (QED) is 0.691. The highest BCUT2D eigenvalue weighted by atomic mass is 35.5. The number of halogens is 1. The van der Waals surface area contributed by atoms with Gasteiger partial charge >= 0.3 is 0 Å². The highest BCUT2D eigenvalue weighted by Crippen LogP contribution is 2.32. The summed E-state index contributed by atoms with van der Waals surface area (Å²) in [6, 6.07) is 5.86. The number of rotatable bonds is 1. The summed E-state index contributed by atoms with van der Waals surface area (Å²) < 4.78 is 2.05. The van der Waals surface area contributed by atoms with E-state index in [2.05, 4.69) is 26.4 Å². The van der Waals surface area contributed by atoms with Crippen molar-refractivity contribution < 1.29 is 0 Å². The van der Waals surface area contributed by atoms with Crippen molar-refractivity contribution in [2.24, 2.45) is 7.05 Å². The fraction of sp³-hybridized carbons (Fsp3) is 0.375. The highest BCUT2D eigenvalue weighted by molar-refractivity contribution is 6.31. The highest BCUT2D eigenvalue weighted by Gasteiger charge is 2.21. The summed E-state index contributed by atoms with van der Waals surface area (Å²) in [6.07, 6.45) is 1.85. The van der Waals surface area contributed by atoms with Crippen LogP contribution in [-0.4, -0.2) is 52.7 Å². The Kier molecular flexibility index (Phi) is 3.20. The van der Waals surface area contributed by atoms with Gasteiger partial charge in [-0.25, -0.2) is 9.97 Å². The first-order valence-electron chi connectivity index (χ1n) is 7.47. The molecule has 0 unspecified atom stereocenters. The SMILES string of the molecule is CN1CCN(c2nc3ccc(Cl)cc3c3c2ncn3C)CC1. The van der Waals surface area contributed by atoms with Crippen molar-refractivity contribution in [2.45, 2.75) is 0 Å². The Hall–Kier alpha value is -1.85. The summed E-state index contributed by atoms with van der Waals surface area (Å²) >= 11 is 6.17. The first kappa shape index (κ1) is 13.8. The summed E-state index contributed by atoms with van der Waals surface area (Å²) in [7, 11) is 4.17. The monoisotopic (exact) mass is 315 g/mol. The lowest BCUT2D eigenvalue weighted by Gasteiger charge is -2.33. The first-order valence-corrected chi connectivity index (χ1v) is 7.85. The van der Waals surface area contributed by atoms with E-state index in [0.29, 0.717) is 0 Å². The number of anilines is 1. The van der Waals surface area contributed by atoms with Crippen LogP contribution < -0.4 is 4.90 Å². The third-order valence-corrected chi connectivity index (χ3v) is 4.63. The van der Waals surface area contributed by atoms with E-state index >= 15 is 0 Å². The molecule has 4 rings (SSSR count). The van der Waals surface area contributed by atoms with Gasteiger partial charge in [0.2, 0.25) is 0 Å². The fourth-order valence-corrected chi connectivity index (χ4v) is 3.28. The number of likely N-dealkylation sites (N-methyl/N-ethyl adjacent to an activating group) is 1. The maximum atomic E-state index is 6.17. The zero-order valence-electron chi connectivity index (χ0n) is 12.8. The lowest BCUT2D eigenvalue weighted by molar-refractivity contribution is 0.312. The zero-order chi connectivity index (χ0) is 15.3. The van der Waals surface area contributed by atoms with E-state index in [1.165, 1.54) is 0 Å². The average Bonchev–Trinajstić information content (AvgIpc) is 2.90. The van der Waals surface area contributed by atoms with Crippen molar-refractivity contribution >= 4 is 39.4 Å². The molecule has 0 spiro atoms. The Bertz CT molecular complexity index is 848. The molecular weight excluding hydrogens is 298 g/mol. The van der Waals surface area contributed by atoms with Gasteiger partial charge in [-0.05, 0) is 25.2 Å². The number of hydrogen-bond acceptors (Lipinski definition) is 4. The van der Waals surface area contributed by atoms with Crippen LogP contribution in [0.4, 0.5) is 5.82 Å². The van der Waals surface area contributed by atoms with E-state index in [1.54, 1.807) is 0 Å². The molecule has 1 aromatic carbocycles. The Morgan fingerprint density at radius 1 is 1.09 bits per heavy atom. The number of pyridine rings is 1. The molecule has 0 atom stereocenters. The van der Waals surface area contributed by atoms with Crippen molar-refractivity contribution in [1.82, 2.24) is 19.4 Å². The number of benzene rings is 1. The van der Waals surface area contributed by atoms with Crippen molar-refractivity contribution in [2.75, 3.05) is 38.1 Å². The maximum Gasteiger partial charge on any atom is 0.157 e. The van der Waals surface area contributed by atoms with Gasteiger partial charge in [0.15, 0.2) is 5.82 Å². The maximum absolute atomic E-state index is 6.17. The summed E-state index contributed by atoms with van der Waals surface area (Å²) in [6.45, 7) is 4.06. The molecule has 1 saturated heterocycles. The van der Waals surface area contributed by atoms with Gasteiger partial charge in [0, 0.05) is 43.6 Å². The number of piperazine rings is 1. The number of hydrogen-bond donors (Lipinski definition) is 0. The van der Waals surface area contributed by atoms with Gasteiger partial charge in [0.25, 0.3) is 0 Å². The summed E-state index contributed by atoms with van der Waals surface area (Å²) in [5, 5.41) is 1.78. The number of nitrogens with zero attached hydrogens (tertiary/aromatic N) is 5. The van der Waals surface area contributed by atoms with Crippen molar-refractivity contribution in [3.05, 3.63) is 29.5 Å². The van der Waals surface area contributed by atoms with Gasteiger partial charge in [-0.15, -0.1) is 0 Å². The summed E-state index contributed by atoms with van der Waals surface area (Å²) in [4.78, 5) is 14.2. The molecule has 22 heavy (non-hydrogen) atoms. The minimum Gasteiger partial charge on any atom is -0.352 e. The zero-order valence-corrected chi connectivity index (χ0v) is 13.5. The number of aryl methyl sites for hydroxylation is 1. The smallest absolute Gasteiger partial charge is 0.157 e. The Morgan fingerprint density at radius 2 is 1.86 bits per heavy atom. The number of fused-ring (bicyclic) bond motifs is 3. The Balaban J connectivity index is 1.96. The molecule has 3 aromatic rings. The lowest BCUT2D eigenvalue weighted by atomic mass is 10.1. The normalized spacial score (nSPS) is 16.8. The van der Waals surface area contributed by atoms with Crippen LogP contribution in [0.1, 0.15) is 0 Å². The van der Waals surface area contributed by atoms with Gasteiger partial charge < -0.3 is 14.4 Å². The number of imidazole rings is 1. The van der Waals surface area contributed by atoms with Crippen molar-refractivity contribution in [3.63, 3.8) is 0 Å². The first-order chi connectivity index (χ1) is 10.6. The molecule has 0 radical (unpaired) electrons. The second-order valence-electron chi connectivity index (χ2n) is 5.94. The van der Waals surface area contributed by atoms with Crippen LogP contribution in [-0.2, 0) is 7.05 Å². The van der Waals surface area contributed by atoms with E-state index in [-0.39, 0.29) is 0 Å². The molecule has 0 N–H and O–H groups in total. The van der Waals surface area contributed by atoms with E-state index < -0.39 is 0 Å². The fourth-order valence-electron chi connectivity index (χ4n) is 3.11. The molecule has 0 bridgehead atoms. The molecule has 114 valence electrons. The summed E-state index contributed by atoms with van der Waals surface area (Å²) in [5.74, 6) is 0.985. The second kappa shape index (κ2) is 5.11. The van der Waals surface area contributed by atoms with Crippen LogP contribution in [0.15, 0.2) is 24.5 Å². The summed E-state index contributed by atoms with van der Waals surface area (Å²) in [5.41, 5.74) is 3.03. The van der Waals surface area contributed by atoms with Crippen LogP contribution in [0, 0.1) is 0 Å². The van der Waals surface area contributed by atoms with Gasteiger partial charge in [-0.3, -0.25) is 0 Å². The molecule has 6 heteroatoms. The largest absolute Gasteiger partial charge is 0.352 e. The van der Waals surface area contributed by atoms with Crippen LogP contribution in [0.25, 0.3) is 21.9 Å². The molecule has 0 saturated carbocycles. The van der Waals surface area contributed by atoms with Crippen LogP contribution in [0.2, 0.25) is 5.02 Å². The van der Waals surface area contributed by atoms with Crippen molar-refractivity contribution in [3.8, 4) is 0 Å². The molecule has 1 fully saturated rings. The molecule has 0 amide bonds. The molecular formula is C16H18ClN5. The van der Waals surface area contributed by atoms with E-state index in [9.17, 15) is 0 Å². The Morgan fingerprint density at radius 3 is 2.64 bits per heavy atom. The van der Waals surface area contributed by atoms with Gasteiger partial charge in [-0.1, -0.05) is 11.6 Å². The third-order valence-electron chi connectivity index (χ3n) is 4.39. The predicted octanol–water partition coefficient (Wildman–Crippen LogP) is 2.53. The van der Waals surface area contributed by atoms with Gasteiger partial charge in [0.05, 0.1) is 17.4 Å². The molecule has 3 heterocycles. The van der Waals surface area contributed by atoms with E-state index in [4.69, 9.17) is 16.6 Å². The lowest BCUT2D eigenvalue weighted by Crippen LogP contribution is -2.44. The van der Waals surface area contributed by atoms with E-state index in [0.717, 1.165) is 59.0 Å². The van der Waals surface area contributed by atoms with Gasteiger partial charge in [0.1, 0.15) is 5.52 Å². The van der Waals surface area contributed by atoms with Gasteiger partial charge in [-0.2, -0.15) is 0 Å². The van der Waals surface area contributed by atoms with Crippen LogP contribution in [0.3, 0.4) is 0 Å². The molecule has 1 aliphatic heterocycles. The number of aromatic nitrogens is 3. The third kappa shape index (κ3) is 2.12. The van der Waals surface area contributed by atoms with Crippen LogP contribution in [0.5, 0.6) is 0 Å². The average molecular weight is 316 g/mol. The second-order valence-corrected chi connectivity index (χ2v) is 6.38. The minimum absolute atomic E-state index is 0.726. The molecule has 5 nitrogen and oxygen atoms in total. The van der Waals surface area contributed by atoms with Crippen LogP contribution >= 0.6 is 11.6 Å². The van der Waals surface area contributed by atoms with Crippen molar-refractivity contribution in [1.29, 1.82) is 0 Å². The molecule has 0 aliphatic carbocycles. The minimum atomic E-state index is 0.726. The van der Waals surface area contributed by atoms with E-state index in [1.807, 2.05) is 31.6 Å². The Labute approximate surface area is 134 Å². The topological polar surface area (TPSA) is 37.2 Å².